The number of nitrogens with one attached hydrogen (secondary N) is 2. The third-order valence-electron chi connectivity index (χ3n) is 2.45. The minimum absolute atomic E-state index is 0.356. The molecule has 0 fully saturated rings. The smallest absolute Gasteiger partial charge is 0.0922 e. The van der Waals surface area contributed by atoms with E-state index >= 15 is 0 Å². The summed E-state index contributed by atoms with van der Waals surface area (Å²) in [6, 6.07) is 10.8. The molecule has 0 spiro atoms. The molecule has 1 unspecified atom stereocenters. The molecule has 15 heavy (non-hydrogen) atoms. The Morgan fingerprint density at radius 2 is 2.13 bits per heavy atom. The van der Waals surface area contributed by atoms with Gasteiger partial charge in [0.25, 0.3) is 0 Å². The molecular formula is C12H15N3. The zero-order valence-corrected chi connectivity index (χ0v) is 8.77. The highest BCUT2D eigenvalue weighted by molar-refractivity contribution is 5.18. The Hall–Kier alpha value is -1.61. The van der Waals surface area contributed by atoms with Gasteiger partial charge >= 0.3 is 0 Å². The van der Waals surface area contributed by atoms with Gasteiger partial charge in [0.1, 0.15) is 0 Å². The van der Waals surface area contributed by atoms with E-state index in [0.717, 1.165) is 12.2 Å². The van der Waals surface area contributed by atoms with Crippen LogP contribution < -0.4 is 5.32 Å². The normalized spacial score (nSPS) is 12.6. The van der Waals surface area contributed by atoms with Gasteiger partial charge in [-0.3, -0.25) is 0 Å². The third-order valence-corrected chi connectivity index (χ3v) is 2.45. The summed E-state index contributed by atoms with van der Waals surface area (Å²) in [6.45, 7) is 2.97. The topological polar surface area (TPSA) is 40.7 Å². The van der Waals surface area contributed by atoms with Crippen LogP contribution in [-0.2, 0) is 6.54 Å². The first-order chi connectivity index (χ1) is 7.36. The Bertz CT molecular complexity index is 381. The molecule has 1 heterocycles. The summed E-state index contributed by atoms with van der Waals surface area (Å²) in [4.78, 5) is 7.05. The average Bonchev–Trinajstić information content (AvgIpc) is 2.80. The summed E-state index contributed by atoms with van der Waals surface area (Å²) in [5, 5.41) is 3.43. The highest BCUT2D eigenvalue weighted by atomic mass is 14.9. The van der Waals surface area contributed by atoms with Crippen molar-refractivity contribution < 1.29 is 0 Å². The first kappa shape index (κ1) is 9.93. The van der Waals surface area contributed by atoms with Gasteiger partial charge in [0.2, 0.25) is 0 Å². The number of aromatic amines is 1. The van der Waals surface area contributed by atoms with Crippen molar-refractivity contribution >= 4 is 0 Å². The van der Waals surface area contributed by atoms with Crippen LogP contribution in [0.25, 0.3) is 0 Å². The van der Waals surface area contributed by atoms with E-state index in [-0.39, 0.29) is 0 Å². The van der Waals surface area contributed by atoms with E-state index in [1.807, 2.05) is 12.3 Å². The first-order valence-corrected chi connectivity index (χ1v) is 5.12. The zero-order valence-electron chi connectivity index (χ0n) is 8.77. The Morgan fingerprint density at radius 3 is 2.80 bits per heavy atom. The van der Waals surface area contributed by atoms with Crippen molar-refractivity contribution in [3.63, 3.8) is 0 Å². The van der Waals surface area contributed by atoms with Crippen LogP contribution in [0.5, 0.6) is 0 Å². The minimum Gasteiger partial charge on any atom is -0.347 e. The van der Waals surface area contributed by atoms with Gasteiger partial charge in [-0.1, -0.05) is 30.3 Å². The first-order valence-electron chi connectivity index (χ1n) is 5.12. The number of hydrogen-bond donors (Lipinski definition) is 2. The van der Waals surface area contributed by atoms with Crippen LogP contribution in [0.2, 0.25) is 0 Å². The van der Waals surface area contributed by atoms with E-state index in [0.29, 0.717) is 6.04 Å². The van der Waals surface area contributed by atoms with Crippen LogP contribution in [-0.4, -0.2) is 9.97 Å². The Morgan fingerprint density at radius 1 is 1.33 bits per heavy atom. The van der Waals surface area contributed by atoms with Crippen LogP contribution >= 0.6 is 0 Å². The van der Waals surface area contributed by atoms with Gasteiger partial charge in [0.05, 0.1) is 6.33 Å². The van der Waals surface area contributed by atoms with Gasteiger partial charge in [-0.2, -0.15) is 0 Å². The molecule has 1 atom stereocenters. The van der Waals surface area contributed by atoms with E-state index in [9.17, 15) is 0 Å². The molecule has 0 radical (unpaired) electrons. The molecule has 0 saturated heterocycles. The molecule has 3 nitrogen and oxygen atoms in total. The predicted molar refractivity (Wildman–Crippen MR) is 60.3 cm³/mol. The lowest BCUT2D eigenvalue weighted by Crippen LogP contribution is -2.18. The van der Waals surface area contributed by atoms with Crippen LogP contribution in [0.4, 0.5) is 0 Å². The molecule has 78 valence electrons. The second kappa shape index (κ2) is 4.75. The number of nitrogens with zero attached hydrogens (tertiary/aromatic N) is 1. The Balaban J connectivity index is 1.90. The number of rotatable bonds is 4. The van der Waals surface area contributed by atoms with Gasteiger partial charge in [0.15, 0.2) is 0 Å². The maximum atomic E-state index is 3.98. The number of hydrogen-bond acceptors (Lipinski definition) is 2. The number of benzene rings is 1. The van der Waals surface area contributed by atoms with Crippen LogP contribution in [0, 0.1) is 0 Å². The molecule has 1 aromatic carbocycles. The second-order valence-electron chi connectivity index (χ2n) is 3.59. The Labute approximate surface area is 89.6 Å². The molecule has 0 bridgehead atoms. The molecule has 0 saturated carbocycles. The summed E-state index contributed by atoms with van der Waals surface area (Å²) in [5.41, 5.74) is 2.41. The van der Waals surface area contributed by atoms with Crippen molar-refractivity contribution in [2.45, 2.75) is 19.5 Å². The van der Waals surface area contributed by atoms with E-state index < -0.39 is 0 Å². The highest BCUT2D eigenvalue weighted by Crippen LogP contribution is 2.11. The van der Waals surface area contributed by atoms with Crippen molar-refractivity contribution in [1.82, 2.24) is 15.3 Å². The Kier molecular flexibility index (Phi) is 3.15. The summed E-state index contributed by atoms with van der Waals surface area (Å²) in [6.07, 6.45) is 3.54. The van der Waals surface area contributed by atoms with Crippen molar-refractivity contribution in [2.75, 3.05) is 0 Å². The quantitative estimate of drug-likeness (QED) is 0.796. The molecular weight excluding hydrogens is 186 g/mol. The van der Waals surface area contributed by atoms with Gasteiger partial charge in [-0.15, -0.1) is 0 Å². The molecule has 3 heteroatoms. The lowest BCUT2D eigenvalue weighted by molar-refractivity contribution is 0.569. The fourth-order valence-corrected chi connectivity index (χ4v) is 1.50. The molecule has 1 aromatic heterocycles. The van der Waals surface area contributed by atoms with Crippen molar-refractivity contribution in [1.29, 1.82) is 0 Å². The van der Waals surface area contributed by atoms with E-state index in [1.165, 1.54) is 5.56 Å². The molecule has 2 aromatic rings. The molecule has 0 amide bonds. The highest BCUT2D eigenvalue weighted by Gasteiger charge is 2.03. The van der Waals surface area contributed by atoms with Crippen molar-refractivity contribution in [3.8, 4) is 0 Å². The molecule has 0 aliphatic heterocycles. The van der Waals surface area contributed by atoms with Gasteiger partial charge < -0.3 is 10.3 Å². The maximum absolute atomic E-state index is 3.98. The van der Waals surface area contributed by atoms with E-state index in [4.69, 9.17) is 0 Å². The van der Waals surface area contributed by atoms with Crippen molar-refractivity contribution in [3.05, 3.63) is 54.1 Å². The largest absolute Gasteiger partial charge is 0.347 e. The molecule has 0 aliphatic carbocycles. The summed E-state index contributed by atoms with van der Waals surface area (Å²) < 4.78 is 0. The monoisotopic (exact) mass is 201 g/mol. The molecule has 2 rings (SSSR count). The third kappa shape index (κ3) is 2.67. The van der Waals surface area contributed by atoms with Crippen molar-refractivity contribution in [2.24, 2.45) is 0 Å². The fourth-order valence-electron chi connectivity index (χ4n) is 1.50. The molecule has 2 N–H and O–H groups in total. The standard InChI is InChI=1S/C12H15N3/c1-10(11-5-3-2-4-6-11)14-8-12-7-13-9-15-12/h2-7,9-10,14H,8H2,1H3,(H,13,15). The number of aromatic nitrogens is 2. The minimum atomic E-state index is 0.356. The zero-order chi connectivity index (χ0) is 10.5. The lowest BCUT2D eigenvalue weighted by atomic mass is 10.1. The van der Waals surface area contributed by atoms with Gasteiger partial charge in [-0.25, -0.2) is 4.98 Å². The van der Waals surface area contributed by atoms with E-state index in [1.54, 1.807) is 6.33 Å². The summed E-state index contributed by atoms with van der Waals surface area (Å²) in [5.74, 6) is 0. The second-order valence-corrected chi connectivity index (χ2v) is 3.59. The van der Waals surface area contributed by atoms with Gasteiger partial charge in [0, 0.05) is 24.5 Å². The summed E-state index contributed by atoms with van der Waals surface area (Å²) in [7, 11) is 0. The number of H-pyrrole nitrogens is 1. The fraction of sp³-hybridized carbons (Fsp3) is 0.250. The predicted octanol–water partition coefficient (Wildman–Crippen LogP) is 2.26. The van der Waals surface area contributed by atoms with Gasteiger partial charge in [-0.05, 0) is 12.5 Å². The van der Waals surface area contributed by atoms with Crippen LogP contribution in [0.1, 0.15) is 24.2 Å². The maximum Gasteiger partial charge on any atom is 0.0922 e. The van der Waals surface area contributed by atoms with E-state index in [2.05, 4.69) is 46.5 Å². The summed E-state index contributed by atoms with van der Waals surface area (Å²) >= 11 is 0. The average molecular weight is 201 g/mol. The number of imidazole rings is 1. The molecule has 0 aliphatic rings. The van der Waals surface area contributed by atoms with Crippen LogP contribution in [0.3, 0.4) is 0 Å². The lowest BCUT2D eigenvalue weighted by Gasteiger charge is -2.13. The SMILES string of the molecule is CC(NCc1cnc[nH]1)c1ccccc1. The van der Waals surface area contributed by atoms with Crippen LogP contribution in [0.15, 0.2) is 42.9 Å².